The van der Waals surface area contributed by atoms with Gasteiger partial charge in [0.05, 0.1) is 6.04 Å². The maximum atomic E-state index is 13.6. The van der Waals surface area contributed by atoms with Crippen LogP contribution in [0.2, 0.25) is 0 Å². The average Bonchev–Trinajstić information content (AvgIpc) is 2.28. The summed E-state index contributed by atoms with van der Waals surface area (Å²) in [6, 6.07) is 1.47. The van der Waals surface area contributed by atoms with Gasteiger partial charge >= 0.3 is 5.97 Å². The molecule has 1 aliphatic heterocycles. The van der Waals surface area contributed by atoms with Gasteiger partial charge in [0, 0.05) is 27.9 Å². The van der Waals surface area contributed by atoms with Crippen molar-refractivity contribution >= 4 is 16.8 Å². The molecule has 0 bridgehead atoms. The van der Waals surface area contributed by atoms with Crippen LogP contribution >= 0.6 is 0 Å². The highest BCUT2D eigenvalue weighted by Crippen LogP contribution is 2.24. The predicted molar refractivity (Wildman–Crippen MR) is 61.5 cm³/mol. The van der Waals surface area contributed by atoms with Gasteiger partial charge in [0.15, 0.2) is 0 Å². The molecule has 0 aliphatic carbocycles. The Morgan fingerprint density at radius 3 is 2.50 bits per heavy atom. The first kappa shape index (κ1) is 13.1. The van der Waals surface area contributed by atoms with E-state index in [1.54, 1.807) is 0 Å². The van der Waals surface area contributed by atoms with Crippen LogP contribution in [0.5, 0.6) is 0 Å². The Morgan fingerprint density at radius 1 is 1.33 bits per heavy atom. The molecule has 2 rings (SSSR count). The maximum Gasteiger partial charge on any atom is 0.321 e. The fourth-order valence-electron chi connectivity index (χ4n) is 1.93. The SMILES string of the molecule is O=C(O)C1CS(=O)CC(c2c(F)cccc2F)N1. The van der Waals surface area contributed by atoms with Crippen LogP contribution in [0, 0.1) is 11.6 Å². The van der Waals surface area contributed by atoms with Crippen molar-refractivity contribution < 1.29 is 22.9 Å². The first-order chi connectivity index (χ1) is 8.49. The van der Waals surface area contributed by atoms with Gasteiger partial charge in [-0.3, -0.25) is 14.3 Å². The maximum absolute atomic E-state index is 13.6. The Labute approximate surface area is 104 Å². The van der Waals surface area contributed by atoms with Gasteiger partial charge in [-0.15, -0.1) is 0 Å². The van der Waals surface area contributed by atoms with Crippen LogP contribution in [0.15, 0.2) is 18.2 Å². The summed E-state index contributed by atoms with van der Waals surface area (Å²) >= 11 is 0. The summed E-state index contributed by atoms with van der Waals surface area (Å²) in [5.41, 5.74) is -0.253. The van der Waals surface area contributed by atoms with Gasteiger partial charge in [-0.2, -0.15) is 0 Å². The molecule has 0 radical (unpaired) electrons. The number of carboxylic acids is 1. The summed E-state index contributed by atoms with van der Waals surface area (Å²) in [5.74, 6) is -2.76. The number of carboxylic acid groups (broad SMARTS) is 1. The Kier molecular flexibility index (Phi) is 3.72. The highest BCUT2D eigenvalue weighted by atomic mass is 32.2. The lowest BCUT2D eigenvalue weighted by molar-refractivity contribution is -0.139. The first-order valence-electron chi connectivity index (χ1n) is 5.26. The zero-order valence-electron chi connectivity index (χ0n) is 9.23. The third kappa shape index (κ3) is 2.56. The summed E-state index contributed by atoms with van der Waals surface area (Å²) in [6.45, 7) is 0. The smallest absolute Gasteiger partial charge is 0.321 e. The number of carbonyl (C=O) groups is 1. The standard InChI is InChI=1S/C11H11F2NO3S/c12-6-2-1-3-7(13)10(6)8-4-18(17)5-9(14-8)11(15)16/h1-3,8-9,14H,4-5H2,(H,15,16). The van der Waals surface area contributed by atoms with Gasteiger partial charge in [0.1, 0.15) is 17.7 Å². The molecule has 1 fully saturated rings. The lowest BCUT2D eigenvalue weighted by atomic mass is 10.1. The van der Waals surface area contributed by atoms with Gasteiger partial charge in [-0.1, -0.05) is 6.07 Å². The molecule has 3 unspecified atom stereocenters. The lowest BCUT2D eigenvalue weighted by Gasteiger charge is -2.28. The van der Waals surface area contributed by atoms with Crippen molar-refractivity contribution in [3.63, 3.8) is 0 Å². The molecule has 18 heavy (non-hydrogen) atoms. The number of hydrogen-bond acceptors (Lipinski definition) is 3. The van der Waals surface area contributed by atoms with Gasteiger partial charge in [-0.05, 0) is 12.1 Å². The van der Waals surface area contributed by atoms with Crippen LogP contribution in [0.25, 0.3) is 0 Å². The van der Waals surface area contributed by atoms with Crippen LogP contribution in [0.3, 0.4) is 0 Å². The Hall–Kier alpha value is -1.34. The number of rotatable bonds is 2. The summed E-state index contributed by atoms with van der Waals surface area (Å²) in [6.07, 6.45) is 0. The van der Waals surface area contributed by atoms with E-state index in [2.05, 4.69) is 5.32 Å². The third-order valence-electron chi connectivity index (χ3n) is 2.75. The molecule has 0 amide bonds. The minimum absolute atomic E-state index is 0.00162. The summed E-state index contributed by atoms with van der Waals surface area (Å²) in [5, 5.41) is 11.5. The van der Waals surface area contributed by atoms with Gasteiger partial charge in [-0.25, -0.2) is 8.78 Å². The van der Waals surface area contributed by atoms with E-state index in [9.17, 15) is 17.8 Å². The molecule has 2 N–H and O–H groups in total. The van der Waals surface area contributed by atoms with Crippen molar-refractivity contribution in [3.05, 3.63) is 35.4 Å². The van der Waals surface area contributed by atoms with E-state index in [0.717, 1.165) is 12.1 Å². The lowest BCUT2D eigenvalue weighted by Crippen LogP contribution is -2.49. The normalized spacial score (nSPS) is 28.0. The average molecular weight is 275 g/mol. The van der Waals surface area contributed by atoms with Crippen molar-refractivity contribution in [3.8, 4) is 0 Å². The molecule has 1 aromatic carbocycles. The van der Waals surface area contributed by atoms with E-state index in [4.69, 9.17) is 5.11 Å². The van der Waals surface area contributed by atoms with E-state index < -0.39 is 40.5 Å². The number of halogens is 2. The molecule has 1 aromatic rings. The molecule has 7 heteroatoms. The number of benzene rings is 1. The Bertz CT molecular complexity index is 489. The van der Waals surface area contributed by atoms with Crippen molar-refractivity contribution in [1.29, 1.82) is 0 Å². The number of aliphatic carboxylic acids is 1. The fourth-order valence-corrected chi connectivity index (χ4v) is 3.31. The molecule has 1 aliphatic rings. The number of hydrogen-bond donors (Lipinski definition) is 2. The van der Waals surface area contributed by atoms with Gasteiger partial charge in [0.2, 0.25) is 0 Å². The fraction of sp³-hybridized carbons (Fsp3) is 0.364. The third-order valence-corrected chi connectivity index (χ3v) is 4.16. The van der Waals surface area contributed by atoms with E-state index in [0.29, 0.717) is 0 Å². The Morgan fingerprint density at radius 2 is 1.94 bits per heavy atom. The second-order valence-corrected chi connectivity index (χ2v) is 5.56. The first-order valence-corrected chi connectivity index (χ1v) is 6.75. The van der Waals surface area contributed by atoms with Crippen molar-refractivity contribution in [2.45, 2.75) is 12.1 Å². The van der Waals surface area contributed by atoms with Gasteiger partial charge in [0.25, 0.3) is 0 Å². The van der Waals surface area contributed by atoms with Crippen LogP contribution in [0.4, 0.5) is 8.78 Å². The Balaban J connectivity index is 2.32. The second kappa shape index (κ2) is 5.11. The molecule has 1 saturated heterocycles. The van der Waals surface area contributed by atoms with Crippen molar-refractivity contribution in [2.24, 2.45) is 0 Å². The molecule has 0 spiro atoms. The quantitative estimate of drug-likeness (QED) is 0.838. The van der Waals surface area contributed by atoms with Gasteiger partial charge < -0.3 is 5.11 Å². The number of nitrogens with one attached hydrogen (secondary N) is 1. The molecule has 0 saturated carbocycles. The zero-order valence-corrected chi connectivity index (χ0v) is 10.0. The van der Waals surface area contributed by atoms with Crippen LogP contribution < -0.4 is 5.32 Å². The summed E-state index contributed by atoms with van der Waals surface area (Å²) in [4.78, 5) is 10.9. The largest absolute Gasteiger partial charge is 0.480 e. The highest BCUT2D eigenvalue weighted by Gasteiger charge is 2.33. The van der Waals surface area contributed by atoms with E-state index in [-0.39, 0.29) is 17.1 Å². The molecule has 98 valence electrons. The monoisotopic (exact) mass is 275 g/mol. The molecular formula is C11H11F2NO3S. The summed E-state index contributed by atoms with van der Waals surface area (Å²) < 4.78 is 38.7. The van der Waals surface area contributed by atoms with Crippen LogP contribution in [-0.2, 0) is 15.6 Å². The minimum atomic E-state index is -1.41. The van der Waals surface area contributed by atoms with E-state index in [1.807, 2.05) is 0 Å². The zero-order chi connectivity index (χ0) is 13.3. The molecule has 1 heterocycles. The van der Waals surface area contributed by atoms with E-state index in [1.165, 1.54) is 6.07 Å². The highest BCUT2D eigenvalue weighted by molar-refractivity contribution is 7.85. The topological polar surface area (TPSA) is 66.4 Å². The van der Waals surface area contributed by atoms with Crippen molar-refractivity contribution in [2.75, 3.05) is 11.5 Å². The minimum Gasteiger partial charge on any atom is -0.480 e. The van der Waals surface area contributed by atoms with Crippen LogP contribution in [0.1, 0.15) is 11.6 Å². The predicted octanol–water partition coefficient (Wildman–Crippen LogP) is 0.811. The molecule has 0 aromatic heterocycles. The molecule has 4 nitrogen and oxygen atoms in total. The van der Waals surface area contributed by atoms with E-state index >= 15 is 0 Å². The summed E-state index contributed by atoms with van der Waals surface area (Å²) in [7, 11) is -1.41. The molecule has 3 atom stereocenters. The van der Waals surface area contributed by atoms with Crippen molar-refractivity contribution in [1.82, 2.24) is 5.32 Å². The molecular weight excluding hydrogens is 264 g/mol. The second-order valence-electron chi connectivity index (χ2n) is 4.02. The van der Waals surface area contributed by atoms with Crippen LogP contribution in [-0.4, -0.2) is 32.8 Å².